The lowest BCUT2D eigenvalue weighted by Gasteiger charge is -2.03. The van der Waals surface area contributed by atoms with Gasteiger partial charge in [-0.15, -0.1) is 6.58 Å². The highest BCUT2D eigenvalue weighted by Crippen LogP contribution is 2.41. The molecule has 10 heavy (non-hydrogen) atoms. The van der Waals surface area contributed by atoms with Gasteiger partial charge in [0.1, 0.15) is 5.76 Å². The smallest absolute Gasteiger partial charge is 0.155 e. The number of rotatable bonds is 2. The Labute approximate surface area is 61.4 Å². The Morgan fingerprint density at radius 1 is 1.70 bits per heavy atom. The number of fused-ring (bicyclic) bond motifs is 1. The van der Waals surface area contributed by atoms with E-state index in [1.165, 1.54) is 30.6 Å². The summed E-state index contributed by atoms with van der Waals surface area (Å²) in [5.41, 5.74) is 1.49. The molecule has 0 bridgehead atoms. The minimum Gasteiger partial charge on any atom is -0.483 e. The molecule has 1 heterocycles. The van der Waals surface area contributed by atoms with E-state index in [1.54, 1.807) is 0 Å². The van der Waals surface area contributed by atoms with Crippen LogP contribution in [0.1, 0.15) is 25.7 Å². The van der Waals surface area contributed by atoms with Gasteiger partial charge in [0.2, 0.25) is 0 Å². The summed E-state index contributed by atoms with van der Waals surface area (Å²) in [5, 5.41) is 0. The van der Waals surface area contributed by atoms with E-state index < -0.39 is 0 Å². The third kappa shape index (κ3) is 0.859. The average Bonchev–Trinajstić information content (AvgIpc) is 2.67. The fourth-order valence-electron chi connectivity index (χ4n) is 1.62. The second-order valence-corrected chi connectivity index (χ2v) is 2.96. The molecule has 0 saturated carbocycles. The Balaban J connectivity index is 2.11. The SMILES string of the molecule is C=CCC1=C2OC2CCC1. The van der Waals surface area contributed by atoms with Gasteiger partial charge in [0.15, 0.2) is 6.10 Å². The molecule has 54 valence electrons. The van der Waals surface area contributed by atoms with Crippen molar-refractivity contribution in [1.82, 2.24) is 0 Å². The van der Waals surface area contributed by atoms with Gasteiger partial charge in [0.25, 0.3) is 0 Å². The zero-order chi connectivity index (χ0) is 6.97. The summed E-state index contributed by atoms with van der Waals surface area (Å²) in [7, 11) is 0. The minimum atomic E-state index is 0.517. The highest BCUT2D eigenvalue weighted by Gasteiger charge is 2.37. The Hall–Kier alpha value is -0.720. The molecule has 2 aliphatic rings. The normalized spacial score (nSPS) is 29.0. The lowest BCUT2D eigenvalue weighted by Crippen LogP contribution is -1.94. The number of allylic oxidation sites excluding steroid dienone is 2. The minimum absolute atomic E-state index is 0.517. The van der Waals surface area contributed by atoms with Gasteiger partial charge in [-0.1, -0.05) is 6.08 Å². The van der Waals surface area contributed by atoms with E-state index in [9.17, 15) is 0 Å². The summed E-state index contributed by atoms with van der Waals surface area (Å²) in [6.45, 7) is 3.72. The number of hydrogen-bond acceptors (Lipinski definition) is 1. The van der Waals surface area contributed by atoms with Crippen LogP contribution in [0.2, 0.25) is 0 Å². The second-order valence-electron chi connectivity index (χ2n) is 2.96. The van der Waals surface area contributed by atoms with E-state index in [4.69, 9.17) is 4.74 Å². The van der Waals surface area contributed by atoms with E-state index in [1.807, 2.05) is 6.08 Å². The third-order valence-corrected chi connectivity index (χ3v) is 2.19. The van der Waals surface area contributed by atoms with Crippen molar-refractivity contribution in [2.45, 2.75) is 31.8 Å². The zero-order valence-electron chi connectivity index (χ0n) is 6.10. The molecular weight excluding hydrogens is 124 g/mol. The van der Waals surface area contributed by atoms with Gasteiger partial charge in [-0.3, -0.25) is 0 Å². The maximum atomic E-state index is 5.37. The molecule has 1 nitrogen and oxygen atoms in total. The van der Waals surface area contributed by atoms with Gasteiger partial charge in [-0.25, -0.2) is 0 Å². The molecule has 1 heteroatoms. The van der Waals surface area contributed by atoms with Crippen molar-refractivity contribution in [1.29, 1.82) is 0 Å². The van der Waals surface area contributed by atoms with Crippen molar-refractivity contribution >= 4 is 0 Å². The van der Waals surface area contributed by atoms with Crippen molar-refractivity contribution in [3.8, 4) is 0 Å². The topological polar surface area (TPSA) is 12.5 Å². The number of hydrogen-bond donors (Lipinski definition) is 0. The van der Waals surface area contributed by atoms with E-state index in [0.29, 0.717) is 6.10 Å². The van der Waals surface area contributed by atoms with Crippen LogP contribution in [-0.4, -0.2) is 6.10 Å². The Morgan fingerprint density at radius 3 is 3.40 bits per heavy atom. The van der Waals surface area contributed by atoms with Crippen LogP contribution in [0.25, 0.3) is 0 Å². The molecule has 1 aliphatic heterocycles. The molecule has 0 aromatic carbocycles. The van der Waals surface area contributed by atoms with Crippen molar-refractivity contribution < 1.29 is 4.74 Å². The molecule has 1 saturated heterocycles. The molecule has 2 rings (SSSR count). The van der Waals surface area contributed by atoms with Gasteiger partial charge in [-0.2, -0.15) is 0 Å². The molecule has 0 aromatic rings. The predicted octanol–water partition coefficient (Wildman–Crippen LogP) is 2.40. The van der Waals surface area contributed by atoms with Crippen molar-refractivity contribution in [3.05, 3.63) is 24.0 Å². The zero-order valence-corrected chi connectivity index (χ0v) is 6.10. The van der Waals surface area contributed by atoms with Crippen molar-refractivity contribution in [2.24, 2.45) is 0 Å². The van der Waals surface area contributed by atoms with Gasteiger partial charge < -0.3 is 4.74 Å². The monoisotopic (exact) mass is 136 g/mol. The molecule has 0 aromatic heterocycles. The molecule has 1 atom stereocenters. The van der Waals surface area contributed by atoms with Crippen LogP contribution in [-0.2, 0) is 4.74 Å². The van der Waals surface area contributed by atoms with Crippen LogP contribution in [0.3, 0.4) is 0 Å². The predicted molar refractivity (Wildman–Crippen MR) is 40.6 cm³/mol. The van der Waals surface area contributed by atoms with Crippen molar-refractivity contribution in [3.63, 3.8) is 0 Å². The third-order valence-electron chi connectivity index (χ3n) is 2.19. The van der Waals surface area contributed by atoms with Gasteiger partial charge in [-0.05, 0) is 31.3 Å². The van der Waals surface area contributed by atoms with Gasteiger partial charge in [0.05, 0.1) is 0 Å². The first-order valence-electron chi connectivity index (χ1n) is 3.91. The van der Waals surface area contributed by atoms with E-state index in [0.717, 1.165) is 6.42 Å². The van der Waals surface area contributed by atoms with Gasteiger partial charge in [0, 0.05) is 0 Å². The number of epoxide rings is 1. The summed E-state index contributed by atoms with van der Waals surface area (Å²) >= 11 is 0. The summed E-state index contributed by atoms with van der Waals surface area (Å²) in [6.07, 6.45) is 7.30. The van der Waals surface area contributed by atoms with Gasteiger partial charge >= 0.3 is 0 Å². The highest BCUT2D eigenvalue weighted by atomic mass is 16.6. The van der Waals surface area contributed by atoms with Crippen LogP contribution >= 0.6 is 0 Å². The molecule has 0 spiro atoms. The highest BCUT2D eigenvalue weighted by molar-refractivity contribution is 5.26. The summed E-state index contributed by atoms with van der Waals surface area (Å²) < 4.78 is 5.37. The second kappa shape index (κ2) is 2.15. The Bertz CT molecular complexity index is 191. The van der Waals surface area contributed by atoms with Crippen LogP contribution in [0.5, 0.6) is 0 Å². The Morgan fingerprint density at radius 2 is 2.60 bits per heavy atom. The van der Waals surface area contributed by atoms with Crippen LogP contribution in [0.15, 0.2) is 24.0 Å². The van der Waals surface area contributed by atoms with E-state index in [2.05, 4.69) is 6.58 Å². The molecule has 0 radical (unpaired) electrons. The Kier molecular flexibility index (Phi) is 1.30. The maximum Gasteiger partial charge on any atom is 0.155 e. The molecule has 1 unspecified atom stereocenters. The standard InChI is InChI=1S/C9H12O/c1-2-4-7-5-3-6-8-9(7)10-8/h2,8H,1,3-6H2. The first kappa shape index (κ1) is 6.02. The molecule has 0 N–H and O–H groups in total. The summed E-state index contributed by atoms with van der Waals surface area (Å²) in [6, 6.07) is 0. The molecular formula is C9H12O. The quantitative estimate of drug-likeness (QED) is 0.419. The van der Waals surface area contributed by atoms with E-state index >= 15 is 0 Å². The summed E-state index contributed by atoms with van der Waals surface area (Å²) in [4.78, 5) is 0. The fourth-order valence-corrected chi connectivity index (χ4v) is 1.62. The van der Waals surface area contributed by atoms with Crippen molar-refractivity contribution in [2.75, 3.05) is 0 Å². The summed E-state index contributed by atoms with van der Waals surface area (Å²) in [5.74, 6) is 1.28. The first-order chi connectivity index (χ1) is 4.92. The molecule has 1 fully saturated rings. The molecule has 1 aliphatic carbocycles. The lowest BCUT2D eigenvalue weighted by molar-refractivity contribution is 0.414. The fraction of sp³-hybridized carbons (Fsp3) is 0.556. The van der Waals surface area contributed by atoms with Crippen LogP contribution in [0.4, 0.5) is 0 Å². The largest absolute Gasteiger partial charge is 0.483 e. The maximum absolute atomic E-state index is 5.37. The van der Waals surface area contributed by atoms with E-state index in [-0.39, 0.29) is 0 Å². The number of ether oxygens (including phenoxy) is 1. The van der Waals surface area contributed by atoms with Crippen LogP contribution in [0, 0.1) is 0 Å². The average molecular weight is 136 g/mol. The molecule has 0 amide bonds. The van der Waals surface area contributed by atoms with Crippen LogP contribution < -0.4 is 0 Å². The first-order valence-corrected chi connectivity index (χ1v) is 3.91. The lowest BCUT2D eigenvalue weighted by atomic mass is 9.97.